The minimum atomic E-state index is -0.767. The zero-order chi connectivity index (χ0) is 25.3. The van der Waals surface area contributed by atoms with Gasteiger partial charge in [0.1, 0.15) is 10.9 Å². The van der Waals surface area contributed by atoms with E-state index in [1.165, 1.54) is 0 Å². The van der Waals surface area contributed by atoms with E-state index in [1.54, 1.807) is 45.2 Å². The van der Waals surface area contributed by atoms with Gasteiger partial charge in [-0.15, -0.1) is 0 Å². The number of carbonyl (C=O) groups excluding carboxylic acids is 2. The predicted molar refractivity (Wildman–Crippen MR) is 136 cm³/mol. The maximum absolute atomic E-state index is 12.9. The number of hydrogen-bond donors (Lipinski definition) is 1. The molecule has 0 bridgehead atoms. The molecule has 0 aliphatic heterocycles. The Balaban J connectivity index is 1.85. The van der Waals surface area contributed by atoms with Gasteiger partial charge in [-0.2, -0.15) is 5.26 Å². The van der Waals surface area contributed by atoms with Gasteiger partial charge >= 0.3 is 0 Å². The smallest absolute Gasteiger partial charge is 0.255 e. The fraction of sp³-hybridized carbons (Fsp3) is 0.214. The number of nitriles is 1. The van der Waals surface area contributed by atoms with Gasteiger partial charge in [0.25, 0.3) is 5.91 Å². The number of aromatic nitrogens is 1. The van der Waals surface area contributed by atoms with Gasteiger partial charge in [-0.1, -0.05) is 59.6 Å². The molecule has 1 N–H and O–H groups in total. The summed E-state index contributed by atoms with van der Waals surface area (Å²) in [6.07, 6.45) is 0.0976. The lowest BCUT2D eigenvalue weighted by atomic mass is 9.87. The fourth-order valence-corrected chi connectivity index (χ4v) is 4.11. The molecule has 0 saturated carbocycles. The van der Waals surface area contributed by atoms with Crippen molar-refractivity contribution in [2.24, 2.45) is 5.41 Å². The minimum Gasteiger partial charge on any atom is -0.437 e. The second-order valence-electron chi connectivity index (χ2n) is 9.11. The summed E-state index contributed by atoms with van der Waals surface area (Å²) < 4.78 is 6.01. The Bertz CT molecular complexity index is 1490. The van der Waals surface area contributed by atoms with Gasteiger partial charge in [-0.3, -0.25) is 9.59 Å². The summed E-state index contributed by atoms with van der Waals surface area (Å²) in [5.41, 5.74) is 3.38. The summed E-state index contributed by atoms with van der Waals surface area (Å²) in [5.74, 6) is -0.0423. The van der Waals surface area contributed by atoms with E-state index in [0.717, 1.165) is 11.1 Å². The van der Waals surface area contributed by atoms with Crippen LogP contribution in [-0.2, 0) is 0 Å². The van der Waals surface area contributed by atoms with Crippen LogP contribution in [0.5, 0.6) is 0 Å². The molecule has 4 rings (SSSR count). The molecule has 0 aliphatic carbocycles. The molecule has 0 radical (unpaired) electrons. The molecule has 0 spiro atoms. The molecule has 0 aliphatic rings. The van der Waals surface area contributed by atoms with Crippen molar-refractivity contribution < 1.29 is 14.0 Å². The van der Waals surface area contributed by atoms with Crippen LogP contribution in [0.1, 0.15) is 46.5 Å². The van der Waals surface area contributed by atoms with E-state index in [4.69, 9.17) is 16.0 Å². The number of halogens is 1. The number of furan rings is 1. The Morgan fingerprint density at radius 3 is 2.49 bits per heavy atom. The second-order valence-corrected chi connectivity index (χ2v) is 9.47. The highest BCUT2D eigenvalue weighted by Gasteiger charge is 2.25. The minimum absolute atomic E-state index is 0.0976. The lowest BCUT2D eigenvalue weighted by Gasteiger charge is -2.14. The van der Waals surface area contributed by atoms with Crippen LogP contribution in [0, 0.1) is 23.7 Å². The second kappa shape index (κ2) is 9.36. The van der Waals surface area contributed by atoms with Crippen LogP contribution in [0.3, 0.4) is 0 Å². The molecule has 0 unspecified atom stereocenters. The van der Waals surface area contributed by atoms with Gasteiger partial charge in [0, 0.05) is 30.2 Å². The highest BCUT2D eigenvalue weighted by molar-refractivity contribution is 6.32. The van der Waals surface area contributed by atoms with Crippen molar-refractivity contribution in [1.82, 2.24) is 10.3 Å². The van der Waals surface area contributed by atoms with Crippen molar-refractivity contribution in [2.45, 2.75) is 27.2 Å². The normalized spacial score (nSPS) is 11.3. The van der Waals surface area contributed by atoms with Crippen LogP contribution in [0.2, 0.25) is 5.15 Å². The highest BCUT2D eigenvalue weighted by Crippen LogP contribution is 2.38. The quantitative estimate of drug-likeness (QED) is 0.245. The maximum Gasteiger partial charge on any atom is 0.255 e. The first-order valence-electron chi connectivity index (χ1n) is 11.1. The number of aryl methyl sites for hydroxylation is 1. The first kappa shape index (κ1) is 24.2. The topological polar surface area (TPSA) is 96.0 Å². The molecule has 35 heavy (non-hydrogen) atoms. The van der Waals surface area contributed by atoms with Gasteiger partial charge in [0.05, 0.1) is 22.4 Å². The number of hydrogen-bond acceptors (Lipinski definition) is 5. The summed E-state index contributed by atoms with van der Waals surface area (Å²) in [7, 11) is 1.56. The van der Waals surface area contributed by atoms with E-state index in [-0.39, 0.29) is 29.0 Å². The molecule has 2 aromatic heterocycles. The molecule has 4 aromatic rings. The summed E-state index contributed by atoms with van der Waals surface area (Å²) in [6, 6.07) is 18.6. The standard InChI is InChI=1S/C28H24ClN3O3/c1-16-8-10-17(11-9-16)24-23(26(34)31-4)21-13-20(25(29)32-27(21)35-24)18-6-5-7-19(12-18)22(33)14-28(2,3)15-30/h5-13H,14H2,1-4H3,(H,31,34). The van der Waals surface area contributed by atoms with Gasteiger partial charge in [-0.25, -0.2) is 4.98 Å². The van der Waals surface area contributed by atoms with Crippen LogP contribution < -0.4 is 5.32 Å². The number of benzene rings is 2. The van der Waals surface area contributed by atoms with Crippen molar-refractivity contribution in [3.8, 4) is 28.5 Å². The van der Waals surface area contributed by atoms with Gasteiger partial charge in [0.2, 0.25) is 5.71 Å². The van der Waals surface area contributed by atoms with Gasteiger partial charge in [0.15, 0.2) is 5.78 Å². The third-order valence-corrected chi connectivity index (χ3v) is 6.09. The molecule has 2 heterocycles. The maximum atomic E-state index is 12.9. The average Bonchev–Trinajstić information content (AvgIpc) is 3.21. The number of rotatable bonds is 6. The number of amides is 1. The molecule has 2 aromatic carbocycles. The van der Waals surface area contributed by atoms with Crippen molar-refractivity contribution in [1.29, 1.82) is 5.26 Å². The Hall–Kier alpha value is -3.95. The van der Waals surface area contributed by atoms with E-state index >= 15 is 0 Å². The number of nitrogens with zero attached hydrogens (tertiary/aromatic N) is 2. The van der Waals surface area contributed by atoms with E-state index in [1.807, 2.05) is 37.3 Å². The molecule has 7 heteroatoms. The molecule has 1 amide bonds. The first-order chi connectivity index (χ1) is 16.6. The number of nitrogens with one attached hydrogen (secondary N) is 1. The van der Waals surface area contributed by atoms with Crippen LogP contribution in [0.4, 0.5) is 0 Å². The lowest BCUT2D eigenvalue weighted by molar-refractivity contribution is 0.0948. The number of pyridine rings is 1. The number of carbonyl (C=O) groups is 2. The monoisotopic (exact) mass is 485 g/mol. The van der Waals surface area contributed by atoms with Crippen LogP contribution >= 0.6 is 11.6 Å². The van der Waals surface area contributed by atoms with Crippen LogP contribution in [-0.4, -0.2) is 23.7 Å². The molecular formula is C28H24ClN3O3. The number of ketones is 1. The lowest BCUT2D eigenvalue weighted by Crippen LogP contribution is -2.18. The van der Waals surface area contributed by atoms with E-state index in [9.17, 15) is 14.9 Å². The summed E-state index contributed by atoms with van der Waals surface area (Å²) in [5, 5.41) is 12.7. The zero-order valence-electron chi connectivity index (χ0n) is 19.9. The van der Waals surface area contributed by atoms with Crippen molar-refractivity contribution >= 4 is 34.4 Å². The molecule has 6 nitrogen and oxygen atoms in total. The third-order valence-electron chi connectivity index (χ3n) is 5.80. The van der Waals surface area contributed by atoms with E-state index in [0.29, 0.717) is 33.4 Å². The van der Waals surface area contributed by atoms with Crippen molar-refractivity contribution in [2.75, 3.05) is 7.05 Å². The number of fused-ring (bicyclic) bond motifs is 1. The Morgan fingerprint density at radius 2 is 1.83 bits per heavy atom. The fourth-order valence-electron chi connectivity index (χ4n) is 3.87. The van der Waals surface area contributed by atoms with E-state index < -0.39 is 5.41 Å². The molecule has 176 valence electrons. The van der Waals surface area contributed by atoms with E-state index in [2.05, 4.69) is 16.4 Å². The van der Waals surface area contributed by atoms with Crippen molar-refractivity contribution in [3.05, 3.63) is 76.4 Å². The molecular weight excluding hydrogens is 462 g/mol. The third kappa shape index (κ3) is 4.82. The van der Waals surface area contributed by atoms with Crippen LogP contribution in [0.25, 0.3) is 33.6 Å². The summed E-state index contributed by atoms with van der Waals surface area (Å²) in [6.45, 7) is 5.44. The average molecular weight is 486 g/mol. The Morgan fingerprint density at radius 1 is 1.11 bits per heavy atom. The Kier molecular flexibility index (Phi) is 6.47. The molecule has 0 atom stereocenters. The highest BCUT2D eigenvalue weighted by atomic mass is 35.5. The first-order valence-corrected chi connectivity index (χ1v) is 11.5. The van der Waals surface area contributed by atoms with Gasteiger partial charge < -0.3 is 9.73 Å². The predicted octanol–water partition coefficient (Wildman–Crippen LogP) is 6.61. The number of Topliss-reactive ketones (excluding diaryl/α,β-unsaturated/α-hetero) is 1. The van der Waals surface area contributed by atoms with Crippen molar-refractivity contribution in [3.63, 3.8) is 0 Å². The van der Waals surface area contributed by atoms with Crippen LogP contribution in [0.15, 0.2) is 59.0 Å². The van der Waals surface area contributed by atoms with Gasteiger partial charge in [-0.05, 0) is 38.5 Å². The molecule has 0 fully saturated rings. The summed E-state index contributed by atoms with van der Waals surface area (Å²) in [4.78, 5) is 30.1. The largest absolute Gasteiger partial charge is 0.437 e. The summed E-state index contributed by atoms with van der Waals surface area (Å²) >= 11 is 6.54. The Labute approximate surface area is 208 Å². The zero-order valence-corrected chi connectivity index (χ0v) is 20.7. The SMILES string of the molecule is CNC(=O)c1c(-c2ccc(C)cc2)oc2nc(Cl)c(-c3cccc(C(=O)CC(C)(C)C#N)c3)cc12. The molecule has 0 saturated heterocycles.